The van der Waals surface area contributed by atoms with Crippen LogP contribution in [0.25, 0.3) is 246 Å². The molecule has 0 unspecified atom stereocenters. The summed E-state index contributed by atoms with van der Waals surface area (Å²) in [5, 5.41) is 7.89. The molecule has 0 aliphatic carbocycles. The van der Waals surface area contributed by atoms with Crippen LogP contribution in [0.4, 0.5) is 0 Å². The highest BCUT2D eigenvalue weighted by atomic mass is 16.3. The molecule has 0 fully saturated rings. The molecule has 0 aliphatic heterocycles. The molecule has 17 aromatic carbocycles. The summed E-state index contributed by atoms with van der Waals surface area (Å²) in [6.45, 7) is 0. The van der Waals surface area contributed by atoms with Crippen molar-refractivity contribution in [1.82, 2.24) is 54.8 Å². The Kier molecular flexibility index (Phi) is 17.9. The summed E-state index contributed by atoms with van der Waals surface area (Å²) >= 11 is 0. The average Bonchev–Trinajstić information content (AvgIpc) is 1.52. The van der Waals surface area contributed by atoms with Crippen molar-refractivity contribution in [3.8, 4) is 181 Å². The van der Waals surface area contributed by atoms with E-state index < -0.39 is 0 Å². The first-order valence-electron chi connectivity index (χ1n) is 41.2. The Labute approximate surface area is 711 Å². The Balaban J connectivity index is 0.648. The summed E-state index contributed by atoms with van der Waals surface area (Å²) in [4.78, 5) is 58.4. The lowest BCUT2D eigenvalue weighted by atomic mass is 9.90. The molecule has 0 N–H and O–H groups in total. The van der Waals surface area contributed by atoms with Gasteiger partial charge in [-0.1, -0.05) is 352 Å². The number of hydrogen-bond acceptors (Lipinski definition) is 13. The minimum absolute atomic E-state index is 0.500. The van der Waals surface area contributed by atoms with Crippen LogP contribution in [0.3, 0.4) is 0 Å². The van der Waals surface area contributed by atoms with Crippen LogP contribution < -0.4 is 0 Å². The summed E-state index contributed by atoms with van der Waals surface area (Å²) in [5.41, 5.74) is 22.5. The van der Waals surface area contributed by atoms with Gasteiger partial charge < -0.3 is 8.83 Å². The van der Waals surface area contributed by atoms with Crippen molar-refractivity contribution in [2.45, 2.75) is 0 Å². The summed E-state index contributed by atoms with van der Waals surface area (Å²) in [7, 11) is 0. The highest BCUT2D eigenvalue weighted by Gasteiger charge is 2.26. The van der Waals surface area contributed by atoms with Gasteiger partial charge >= 0.3 is 0 Å². The van der Waals surface area contributed by atoms with E-state index in [4.69, 9.17) is 63.7 Å². The van der Waals surface area contributed by atoms with Crippen LogP contribution >= 0.6 is 0 Å². The van der Waals surface area contributed by atoms with Crippen LogP contribution in [0.2, 0.25) is 0 Å². The summed E-state index contributed by atoms with van der Waals surface area (Å²) in [6, 6.07) is 139. The Morgan fingerprint density at radius 1 is 0.129 bits per heavy atom. The SMILES string of the molecule is c1ccc(-c2nc(-c3cccc(-c4ccc5c(c4)oc4cc(-c6ccc(-c7nc(-c8ccccc8)nc(-c8ccccc8-c8ccccc8)n7)cc6)c(-c6nc(-c7ccccc7)nc(-c7cccc8ccccc78)n6)cc45)c3)cc(-c3ccc(-c4cc5oc6ccccc6c5cc4-c4nc(-c5ccccc5)nc(-c5ccccc5)n4)c4ccccc34)n2)cc1. The van der Waals surface area contributed by atoms with Crippen LogP contribution in [0, 0.1) is 0 Å². The number of furan rings is 2. The molecule has 0 saturated heterocycles. The van der Waals surface area contributed by atoms with Crippen molar-refractivity contribution in [1.29, 1.82) is 0 Å². The van der Waals surface area contributed by atoms with Crippen molar-refractivity contribution in [3.63, 3.8) is 0 Å². The van der Waals surface area contributed by atoms with E-state index in [1.54, 1.807) is 0 Å². The fourth-order valence-electron chi connectivity index (χ4n) is 17.0. The molecular weight excluding hydrogens is 1520 g/mol. The molecule has 124 heavy (non-hydrogen) atoms. The van der Waals surface area contributed by atoms with Gasteiger partial charge in [0.25, 0.3) is 0 Å². The van der Waals surface area contributed by atoms with Crippen LogP contribution in [0.15, 0.2) is 415 Å². The van der Waals surface area contributed by atoms with Gasteiger partial charge in [-0.25, -0.2) is 54.8 Å². The first kappa shape index (κ1) is 72.2. The van der Waals surface area contributed by atoms with Crippen LogP contribution in [-0.4, -0.2) is 54.8 Å². The van der Waals surface area contributed by atoms with Gasteiger partial charge in [0.2, 0.25) is 0 Å². The van der Waals surface area contributed by atoms with Crippen molar-refractivity contribution >= 4 is 65.4 Å². The van der Waals surface area contributed by atoms with E-state index >= 15 is 0 Å². The molecule has 6 aromatic heterocycles. The molecule has 0 atom stereocenters. The molecule has 13 heteroatoms. The first-order chi connectivity index (χ1) is 61.4. The number of aromatic nitrogens is 11. The minimum atomic E-state index is 0.500. The van der Waals surface area contributed by atoms with E-state index in [-0.39, 0.29) is 0 Å². The number of benzene rings is 17. The van der Waals surface area contributed by atoms with Crippen LogP contribution in [-0.2, 0) is 0 Å². The summed E-state index contributed by atoms with van der Waals surface area (Å²) < 4.78 is 13.9. The second kappa shape index (κ2) is 30.7. The minimum Gasteiger partial charge on any atom is -0.456 e. The average molecular weight is 1590 g/mol. The quantitative estimate of drug-likeness (QED) is 0.0897. The molecule has 0 spiro atoms. The number of hydrogen-bond donors (Lipinski definition) is 0. The van der Waals surface area contributed by atoms with Gasteiger partial charge in [0.05, 0.1) is 11.4 Å². The fourth-order valence-corrected chi connectivity index (χ4v) is 17.0. The predicted octanol–water partition coefficient (Wildman–Crippen LogP) is 27.8. The van der Waals surface area contributed by atoms with Gasteiger partial charge in [-0.15, -0.1) is 0 Å². The van der Waals surface area contributed by atoms with Crippen molar-refractivity contribution in [2.75, 3.05) is 0 Å². The standard InChI is InChI=1S/C111H67N11O2/c1-7-29-68(30-8-1)80-46-21-24-50-88(80)108-116-103(72-34-11-3-12-35-72)115-107(118-108)76-55-53-70(54-56-76)90-65-100-93(63-94(90)110-121-106(75-40-17-6-18-41-75)117-109(122-110)89-51-28-42-69-31-19-20-45-81(69)89)87-58-57-78(62-99(87)124-100)77-43-27-44-79(61-77)96-67-97(113-102(112-96)71-32-9-2-10-33-71)85-60-59-84(82-47-22-23-48-83(82)85)91-66-101-92(86-49-25-26-52-98(86)123-101)64-95(91)111-119-104(73-36-13-4-14-37-73)114-105(120-111)74-38-15-5-16-39-74/h1-67H. The van der Waals surface area contributed by atoms with E-state index in [0.29, 0.717) is 69.4 Å². The number of para-hydroxylation sites is 1. The Bertz CT molecular complexity index is 8030. The van der Waals surface area contributed by atoms with Gasteiger partial charge in [0.1, 0.15) is 22.3 Å². The monoisotopic (exact) mass is 1590 g/mol. The maximum atomic E-state index is 7.15. The Morgan fingerprint density at radius 3 is 1.06 bits per heavy atom. The molecule has 0 saturated carbocycles. The highest BCUT2D eigenvalue weighted by Crippen LogP contribution is 2.47. The largest absolute Gasteiger partial charge is 0.456 e. The van der Waals surface area contributed by atoms with E-state index in [0.717, 1.165) is 177 Å². The Morgan fingerprint density at radius 2 is 0.468 bits per heavy atom. The molecule has 0 radical (unpaired) electrons. The van der Waals surface area contributed by atoms with E-state index in [9.17, 15) is 0 Å². The number of fused-ring (bicyclic) bond motifs is 8. The lowest BCUT2D eigenvalue weighted by Gasteiger charge is -2.16. The molecule has 6 heterocycles. The normalized spacial score (nSPS) is 11.5. The third-order valence-electron chi connectivity index (χ3n) is 23.1. The number of rotatable bonds is 16. The fraction of sp³-hybridized carbons (Fsp3) is 0. The maximum absolute atomic E-state index is 7.15. The second-order valence-corrected chi connectivity index (χ2v) is 30.7. The molecule has 578 valence electrons. The van der Waals surface area contributed by atoms with Crippen LogP contribution in [0.5, 0.6) is 0 Å². The van der Waals surface area contributed by atoms with Crippen molar-refractivity contribution in [2.24, 2.45) is 0 Å². The van der Waals surface area contributed by atoms with Gasteiger partial charge in [0, 0.05) is 88.3 Å². The zero-order chi connectivity index (χ0) is 82.0. The summed E-state index contributed by atoms with van der Waals surface area (Å²) in [5.74, 6) is 5.53. The molecule has 0 aliphatic rings. The summed E-state index contributed by atoms with van der Waals surface area (Å²) in [6.07, 6.45) is 0. The lowest BCUT2D eigenvalue weighted by molar-refractivity contribution is 0.669. The molecule has 23 rings (SSSR count). The maximum Gasteiger partial charge on any atom is 0.164 e. The van der Waals surface area contributed by atoms with Crippen LogP contribution in [0.1, 0.15) is 0 Å². The first-order valence-corrected chi connectivity index (χ1v) is 41.2. The van der Waals surface area contributed by atoms with Crippen molar-refractivity contribution in [3.05, 3.63) is 406 Å². The van der Waals surface area contributed by atoms with Crippen molar-refractivity contribution < 1.29 is 8.83 Å². The third kappa shape index (κ3) is 13.4. The number of nitrogens with zero attached hydrogens (tertiary/aromatic N) is 11. The zero-order valence-corrected chi connectivity index (χ0v) is 66.4. The van der Waals surface area contributed by atoms with Gasteiger partial charge in [0.15, 0.2) is 58.2 Å². The molecule has 13 nitrogen and oxygen atoms in total. The molecular formula is C111H67N11O2. The van der Waals surface area contributed by atoms with Gasteiger partial charge in [-0.2, -0.15) is 0 Å². The van der Waals surface area contributed by atoms with Gasteiger partial charge in [-0.05, 0) is 121 Å². The van der Waals surface area contributed by atoms with Gasteiger partial charge in [-0.3, -0.25) is 0 Å². The smallest absolute Gasteiger partial charge is 0.164 e. The predicted molar refractivity (Wildman–Crippen MR) is 499 cm³/mol. The third-order valence-corrected chi connectivity index (χ3v) is 23.1. The second-order valence-electron chi connectivity index (χ2n) is 30.7. The van der Waals surface area contributed by atoms with E-state index in [2.05, 4.69) is 237 Å². The topological polar surface area (TPSA) is 168 Å². The zero-order valence-electron chi connectivity index (χ0n) is 66.4. The molecule has 23 aromatic rings. The van der Waals surface area contributed by atoms with E-state index in [1.807, 2.05) is 170 Å². The molecule has 0 bridgehead atoms. The Hall–Kier alpha value is -17.0. The lowest BCUT2D eigenvalue weighted by Crippen LogP contribution is -2.02. The highest BCUT2D eigenvalue weighted by molar-refractivity contribution is 6.13. The molecule has 0 amide bonds. The van der Waals surface area contributed by atoms with E-state index in [1.165, 1.54) is 0 Å².